The predicted octanol–water partition coefficient (Wildman–Crippen LogP) is -0.335. The minimum Gasteiger partial charge on any atom is -0.398 e. The second kappa shape index (κ2) is 12.6. The van der Waals surface area contributed by atoms with Gasteiger partial charge in [0.1, 0.15) is 18.3 Å². The molecule has 6 atom stereocenters. The highest BCUT2D eigenvalue weighted by Gasteiger charge is 2.47. The van der Waals surface area contributed by atoms with Gasteiger partial charge in [-0.05, 0) is 23.8 Å². The minimum atomic E-state index is -5.80. The van der Waals surface area contributed by atoms with Crippen molar-refractivity contribution in [2.75, 3.05) is 12.3 Å². The van der Waals surface area contributed by atoms with Crippen LogP contribution in [-0.2, 0) is 38.1 Å². The second-order valence-electron chi connectivity index (χ2n) is 8.99. The molecule has 0 saturated carbocycles. The molecule has 0 spiro atoms. The Bertz CT molecular complexity index is 1760. The zero-order valence-electron chi connectivity index (χ0n) is 21.5. The van der Waals surface area contributed by atoms with Gasteiger partial charge in [-0.3, -0.25) is 23.4 Å². The number of anilines is 1. The Balaban J connectivity index is 1.51. The molecule has 3 heterocycles. The molecule has 0 amide bonds. The number of nitrogen functional groups attached to an aromatic ring is 1. The number of phosphoric ester groups is 1. The fourth-order valence-electron chi connectivity index (χ4n) is 4.09. The highest BCUT2D eigenvalue weighted by atomic mass is 31.3. The summed E-state index contributed by atoms with van der Waals surface area (Å²) >= 11 is 0. The van der Waals surface area contributed by atoms with E-state index in [2.05, 4.69) is 18.1 Å². The molecule has 0 bridgehead atoms. The minimum absolute atomic E-state index is 0.305. The molecule has 1 saturated heterocycles. The van der Waals surface area contributed by atoms with Gasteiger partial charge >= 0.3 is 29.2 Å². The summed E-state index contributed by atoms with van der Waals surface area (Å²) in [7, 11) is -17.0. The molecule has 22 heteroatoms. The fraction of sp³-hybridized carbons (Fsp3) is 0.286. The predicted molar refractivity (Wildman–Crippen MR) is 144 cm³/mol. The van der Waals surface area contributed by atoms with Crippen molar-refractivity contribution >= 4 is 29.2 Å². The zero-order valence-corrected chi connectivity index (χ0v) is 24.2. The fourth-order valence-corrected chi connectivity index (χ4v) is 7.12. The molecule has 19 nitrogen and oxygen atoms in total. The molecule has 8 N–H and O–H groups in total. The molecule has 234 valence electrons. The lowest BCUT2D eigenvalue weighted by Crippen LogP contribution is -2.43. The van der Waals surface area contributed by atoms with Gasteiger partial charge in [0, 0.05) is 29.7 Å². The number of aliphatic hydroxyl groups is 2. The molecule has 1 aliphatic rings. The Labute approximate surface area is 240 Å². The van der Waals surface area contributed by atoms with E-state index in [1.165, 1.54) is 6.20 Å². The van der Waals surface area contributed by atoms with Gasteiger partial charge in [-0.2, -0.15) is 8.62 Å². The van der Waals surface area contributed by atoms with Crippen molar-refractivity contribution in [1.29, 1.82) is 0 Å². The lowest BCUT2D eigenvalue weighted by Gasteiger charge is -2.19. The number of benzene rings is 1. The molecule has 2 unspecified atom stereocenters. The first-order valence-electron chi connectivity index (χ1n) is 11.9. The van der Waals surface area contributed by atoms with E-state index in [9.17, 15) is 43.3 Å². The average molecular weight is 666 g/mol. The van der Waals surface area contributed by atoms with Crippen LogP contribution in [0.5, 0.6) is 0 Å². The summed E-state index contributed by atoms with van der Waals surface area (Å²) in [5.74, 6) is 0. The monoisotopic (exact) mass is 666 g/mol. The van der Waals surface area contributed by atoms with Crippen molar-refractivity contribution in [2.45, 2.75) is 31.1 Å². The molecule has 43 heavy (non-hydrogen) atoms. The van der Waals surface area contributed by atoms with Gasteiger partial charge in [-0.15, -0.1) is 0 Å². The normalized spacial score (nSPS) is 23.5. The summed E-state index contributed by atoms with van der Waals surface area (Å²) in [5, 5.41) is 20.9. The van der Waals surface area contributed by atoms with Crippen LogP contribution in [0.3, 0.4) is 0 Å². The van der Waals surface area contributed by atoms with E-state index in [-0.39, 0.29) is 6.54 Å². The van der Waals surface area contributed by atoms with Crippen LogP contribution in [0.15, 0.2) is 64.4 Å². The maximum Gasteiger partial charge on any atom is 0.490 e. The highest BCUT2D eigenvalue weighted by Crippen LogP contribution is 2.66. The van der Waals surface area contributed by atoms with Crippen LogP contribution in [0.1, 0.15) is 11.9 Å². The van der Waals surface area contributed by atoms with Crippen LogP contribution in [0.4, 0.5) is 5.69 Å². The summed E-state index contributed by atoms with van der Waals surface area (Å²) in [6.45, 7) is -1.40. The smallest absolute Gasteiger partial charge is 0.398 e. The average Bonchev–Trinajstić information content (AvgIpc) is 3.17. The Kier molecular flexibility index (Phi) is 9.71. The lowest BCUT2D eigenvalue weighted by atomic mass is 10.0. The Morgan fingerprint density at radius 1 is 0.953 bits per heavy atom. The van der Waals surface area contributed by atoms with Crippen molar-refractivity contribution in [3.05, 3.63) is 81.4 Å². The number of nitrogens with two attached hydrogens (primary N) is 1. The van der Waals surface area contributed by atoms with Gasteiger partial charge in [0.2, 0.25) is 0 Å². The van der Waals surface area contributed by atoms with Crippen LogP contribution in [-0.4, -0.2) is 68.8 Å². The van der Waals surface area contributed by atoms with Gasteiger partial charge in [0.25, 0.3) is 5.56 Å². The number of nitrogens with zero attached hydrogens (tertiary/aromatic N) is 3. The Morgan fingerprint density at radius 3 is 2.33 bits per heavy atom. The van der Waals surface area contributed by atoms with Crippen molar-refractivity contribution < 1.29 is 61.4 Å². The number of para-hydroxylation sites is 1. The molecule has 4 rings (SSSR count). The Morgan fingerprint density at radius 2 is 1.65 bits per heavy atom. The van der Waals surface area contributed by atoms with Crippen LogP contribution >= 0.6 is 23.5 Å². The summed E-state index contributed by atoms with van der Waals surface area (Å²) in [5.41, 5.74) is 6.48. The zero-order chi connectivity index (χ0) is 31.7. The maximum atomic E-state index is 13.3. The number of rotatable bonds is 11. The third-order valence-corrected chi connectivity index (χ3v) is 9.74. The van der Waals surface area contributed by atoms with Gasteiger partial charge in [0.05, 0.1) is 18.8 Å². The van der Waals surface area contributed by atoms with Crippen molar-refractivity contribution in [2.24, 2.45) is 0 Å². The number of hydrogen-bond acceptors (Lipinski definition) is 13. The van der Waals surface area contributed by atoms with Gasteiger partial charge in [0.15, 0.2) is 6.23 Å². The second-order valence-corrected chi connectivity index (χ2v) is 13.4. The van der Waals surface area contributed by atoms with Crippen molar-refractivity contribution in [1.82, 2.24) is 14.1 Å². The van der Waals surface area contributed by atoms with E-state index in [1.54, 1.807) is 36.4 Å². The van der Waals surface area contributed by atoms with Crippen LogP contribution in [0.2, 0.25) is 0 Å². The van der Waals surface area contributed by atoms with Gasteiger partial charge < -0.3 is 40.3 Å². The van der Waals surface area contributed by atoms with E-state index in [1.807, 2.05) is 0 Å². The molecular formula is C21H25N4O15P3. The van der Waals surface area contributed by atoms with Crippen LogP contribution in [0.25, 0.3) is 11.1 Å². The molecule has 0 aliphatic carbocycles. The summed E-state index contributed by atoms with van der Waals surface area (Å²) in [6, 6.07) is 11.3. The van der Waals surface area contributed by atoms with E-state index >= 15 is 0 Å². The summed E-state index contributed by atoms with van der Waals surface area (Å²) in [6.07, 6.45) is -4.55. The van der Waals surface area contributed by atoms with Crippen molar-refractivity contribution in [3.8, 4) is 11.1 Å². The van der Waals surface area contributed by atoms with Gasteiger partial charge in [-0.25, -0.2) is 18.5 Å². The van der Waals surface area contributed by atoms with E-state index in [4.69, 9.17) is 20.3 Å². The number of pyridine rings is 1. The lowest BCUT2D eigenvalue weighted by molar-refractivity contribution is -0.0547. The van der Waals surface area contributed by atoms with Gasteiger partial charge in [-0.1, -0.05) is 18.2 Å². The highest BCUT2D eigenvalue weighted by molar-refractivity contribution is 7.66. The Hall–Kier alpha value is -2.86. The SMILES string of the molecule is Nc1ccccc1-c1ccnc(Cn2c(=O)ccn([C@@H]3O[C@H](COP(=O)(O)OP(=O)(O)OP(=O)(O)O)[C@H](O)[C@@H]3O)c2=O)c1. The molecule has 0 radical (unpaired) electrons. The molecule has 1 aromatic carbocycles. The molecule has 1 fully saturated rings. The number of phosphoric acid groups is 3. The standard InChI is InChI=1S/C21H25N4O15P3/c22-15-4-2-1-3-14(15)12-5-7-23-13(9-12)10-25-17(26)6-8-24(21(25)29)20-19(28)18(27)16(38-20)11-37-42(33,34)40-43(35,36)39-41(30,31)32/h1-9,16,18-20,27-28H,10-11,22H2,(H,33,34)(H,35,36)(H2,30,31,32)/t16-,18+,19+,20-/m1/s1. The third-order valence-electron chi connectivity index (χ3n) is 5.93. The van der Waals surface area contributed by atoms with Crippen LogP contribution < -0.4 is 17.0 Å². The summed E-state index contributed by atoms with van der Waals surface area (Å²) < 4.78 is 52.8. The van der Waals surface area contributed by atoms with E-state index < -0.39 is 65.9 Å². The van der Waals surface area contributed by atoms with Crippen molar-refractivity contribution in [3.63, 3.8) is 0 Å². The molecule has 2 aromatic heterocycles. The molecular weight excluding hydrogens is 641 g/mol. The third kappa shape index (κ3) is 8.20. The first-order valence-corrected chi connectivity index (χ1v) is 16.4. The number of ether oxygens (including phenoxy) is 1. The topological polar surface area (TPSA) is 292 Å². The summed E-state index contributed by atoms with van der Waals surface area (Å²) in [4.78, 5) is 66.1. The van der Waals surface area contributed by atoms with E-state index in [0.717, 1.165) is 21.4 Å². The number of aliphatic hydroxyl groups excluding tert-OH is 2. The quantitative estimate of drug-likeness (QED) is 0.102. The number of hydrogen-bond donors (Lipinski definition) is 7. The molecule has 3 aromatic rings. The molecule has 1 aliphatic heterocycles. The first-order chi connectivity index (χ1) is 20.0. The maximum absolute atomic E-state index is 13.3. The van der Waals surface area contributed by atoms with Crippen LogP contribution in [0, 0.1) is 0 Å². The number of aromatic nitrogens is 3. The largest absolute Gasteiger partial charge is 0.490 e. The first kappa shape index (κ1) is 33.0. The van der Waals surface area contributed by atoms with E-state index in [0.29, 0.717) is 22.5 Å².